The summed E-state index contributed by atoms with van der Waals surface area (Å²) >= 11 is 14.2. The highest BCUT2D eigenvalue weighted by atomic mass is 35.7. The van der Waals surface area contributed by atoms with Gasteiger partial charge in [-0.15, -0.1) is 22.2 Å². The molecule has 33 heavy (non-hydrogen) atoms. The molecule has 0 radical (unpaired) electrons. The fourth-order valence-electron chi connectivity index (χ4n) is 3.92. The van der Waals surface area contributed by atoms with Crippen LogP contribution in [0.25, 0.3) is 0 Å². The molecule has 4 aromatic carbocycles. The first kappa shape index (κ1) is 24.7. The number of halogens is 2. The molecule has 0 spiro atoms. The fraction of sp³-hybridized carbons (Fsp3) is 0.143. The van der Waals surface area contributed by atoms with E-state index < -0.39 is 22.5 Å². The highest BCUT2D eigenvalue weighted by Gasteiger charge is 2.31. The van der Waals surface area contributed by atoms with E-state index in [1.165, 1.54) is 21.2 Å². The van der Waals surface area contributed by atoms with Crippen LogP contribution in [0, 0.1) is 0 Å². The van der Waals surface area contributed by atoms with E-state index in [1.54, 1.807) is 0 Å². The summed E-state index contributed by atoms with van der Waals surface area (Å²) < 4.78 is 0. The minimum Gasteiger partial charge on any atom is -0.146 e. The molecule has 0 amide bonds. The van der Waals surface area contributed by atoms with Gasteiger partial charge in [-0.1, -0.05) is 121 Å². The monoisotopic (exact) mass is 524 g/mol. The zero-order valence-electron chi connectivity index (χ0n) is 18.5. The van der Waals surface area contributed by atoms with E-state index in [9.17, 15) is 0 Å². The molecule has 0 heterocycles. The second-order valence-electron chi connectivity index (χ2n) is 8.00. The van der Waals surface area contributed by atoms with Crippen molar-refractivity contribution in [1.29, 1.82) is 0 Å². The molecule has 0 saturated heterocycles. The Morgan fingerprint density at radius 2 is 0.667 bits per heavy atom. The summed E-state index contributed by atoms with van der Waals surface area (Å²) in [5.74, 6) is 0. The van der Waals surface area contributed by atoms with Crippen molar-refractivity contribution in [3.05, 3.63) is 121 Å². The van der Waals surface area contributed by atoms with Crippen molar-refractivity contribution in [2.24, 2.45) is 0 Å². The van der Waals surface area contributed by atoms with Crippen molar-refractivity contribution in [1.82, 2.24) is 0 Å². The van der Waals surface area contributed by atoms with Crippen LogP contribution in [-0.2, 0) is 0 Å². The van der Waals surface area contributed by atoms with Crippen LogP contribution in [-0.4, -0.2) is 19.0 Å². The second kappa shape index (κ2) is 12.3. The summed E-state index contributed by atoms with van der Waals surface area (Å²) in [5, 5.41) is 5.58. The van der Waals surface area contributed by atoms with Crippen LogP contribution < -0.4 is 21.2 Å². The maximum atomic E-state index is 7.10. The molecule has 4 aromatic rings. The molecule has 0 atom stereocenters. The van der Waals surface area contributed by atoms with Gasteiger partial charge in [0.15, 0.2) is 0 Å². The Bertz CT molecular complexity index is 926. The fourth-order valence-corrected chi connectivity index (χ4v) is 15.4. The van der Waals surface area contributed by atoms with Gasteiger partial charge in [0.05, 0.1) is 0 Å². The van der Waals surface area contributed by atoms with Crippen LogP contribution in [0.3, 0.4) is 0 Å². The molecule has 0 aromatic heterocycles. The van der Waals surface area contributed by atoms with Crippen LogP contribution in [0.1, 0.15) is 0 Å². The van der Waals surface area contributed by atoms with Crippen LogP contribution in [0.5, 0.6) is 0 Å². The third-order valence-corrected chi connectivity index (χ3v) is 15.8. The van der Waals surface area contributed by atoms with Crippen molar-refractivity contribution < 1.29 is 0 Å². The lowest BCUT2D eigenvalue weighted by atomic mass is 10.4. The standard InChI is InChI=1S/C28H28Cl2P2Si/c29-33(30,23-21-31(25-13-5-1-6-14-25)26-15-7-2-8-16-26)24-22-32(27-17-9-3-10-18-27)28-19-11-4-12-20-28/h1-20H,21-24H2. The van der Waals surface area contributed by atoms with Gasteiger partial charge < -0.3 is 0 Å². The molecule has 0 N–H and O–H groups in total. The zero-order chi connectivity index (χ0) is 22.9. The third-order valence-electron chi connectivity index (χ3n) is 5.67. The first-order valence-electron chi connectivity index (χ1n) is 11.3. The topological polar surface area (TPSA) is 0 Å². The predicted octanol–water partition coefficient (Wildman–Crippen LogP) is 7.17. The van der Waals surface area contributed by atoms with Crippen LogP contribution >= 0.6 is 38.0 Å². The minimum absolute atomic E-state index is 0.458. The average Bonchev–Trinajstić information content (AvgIpc) is 2.87. The molecule has 0 aliphatic rings. The number of hydrogen-bond donors (Lipinski definition) is 0. The van der Waals surface area contributed by atoms with Gasteiger partial charge in [-0.2, -0.15) is 0 Å². The highest BCUT2D eigenvalue weighted by molar-refractivity contribution is 7.74. The van der Waals surface area contributed by atoms with E-state index in [0.29, 0.717) is 0 Å². The van der Waals surface area contributed by atoms with E-state index in [2.05, 4.69) is 121 Å². The molecule has 0 nitrogen and oxygen atoms in total. The first-order chi connectivity index (χ1) is 16.1. The second-order valence-corrected chi connectivity index (χ2v) is 20.3. The van der Waals surface area contributed by atoms with Crippen LogP contribution in [0.2, 0.25) is 12.1 Å². The number of rotatable bonds is 10. The summed E-state index contributed by atoms with van der Waals surface area (Å²) in [7, 11) is -0.916. The van der Waals surface area contributed by atoms with E-state index in [-0.39, 0.29) is 0 Å². The number of benzene rings is 4. The SMILES string of the molecule is Cl[Si](Cl)(CCP(c1ccccc1)c1ccccc1)CCP(c1ccccc1)c1ccccc1. The summed E-state index contributed by atoms with van der Waals surface area (Å²) in [6.07, 6.45) is 2.08. The summed E-state index contributed by atoms with van der Waals surface area (Å²) in [4.78, 5) is 0. The van der Waals surface area contributed by atoms with Gasteiger partial charge in [0.1, 0.15) is 0 Å². The Morgan fingerprint density at radius 1 is 0.424 bits per heavy atom. The Labute approximate surface area is 210 Å². The van der Waals surface area contributed by atoms with Gasteiger partial charge in [-0.3, -0.25) is 0 Å². The van der Waals surface area contributed by atoms with Gasteiger partial charge in [-0.05, 0) is 61.5 Å². The van der Waals surface area contributed by atoms with Gasteiger partial charge in [0.2, 0.25) is 0 Å². The Balaban J connectivity index is 1.47. The molecule has 0 fully saturated rings. The van der Waals surface area contributed by atoms with E-state index in [0.717, 1.165) is 24.4 Å². The molecular weight excluding hydrogens is 497 g/mol. The molecular formula is C28H28Cl2P2Si. The molecule has 0 saturated carbocycles. The van der Waals surface area contributed by atoms with Gasteiger partial charge in [-0.25, -0.2) is 0 Å². The number of hydrogen-bond acceptors (Lipinski definition) is 0. The van der Waals surface area contributed by atoms with E-state index >= 15 is 0 Å². The lowest BCUT2D eigenvalue weighted by molar-refractivity contribution is 1.35. The summed E-state index contributed by atoms with van der Waals surface area (Å²) in [5.41, 5.74) is 0. The molecule has 4 rings (SSSR count). The molecule has 0 unspecified atom stereocenters. The minimum atomic E-state index is -2.38. The van der Waals surface area contributed by atoms with Crippen LogP contribution in [0.15, 0.2) is 121 Å². The molecule has 0 aliphatic heterocycles. The smallest absolute Gasteiger partial charge is 0.146 e. The summed E-state index contributed by atoms with van der Waals surface area (Å²) in [6.45, 7) is -2.38. The molecule has 5 heteroatoms. The zero-order valence-corrected chi connectivity index (χ0v) is 22.8. The highest BCUT2D eigenvalue weighted by Crippen LogP contribution is 2.42. The maximum Gasteiger partial charge on any atom is 0.252 e. The van der Waals surface area contributed by atoms with Crippen LogP contribution in [0.4, 0.5) is 0 Å². The van der Waals surface area contributed by atoms with Gasteiger partial charge >= 0.3 is 0 Å². The average molecular weight is 525 g/mol. The normalized spacial score (nSPS) is 11.8. The first-order valence-corrected chi connectivity index (χ1v) is 18.7. The Morgan fingerprint density at radius 3 is 0.909 bits per heavy atom. The van der Waals surface area contributed by atoms with Gasteiger partial charge in [0, 0.05) is 0 Å². The Kier molecular flexibility index (Phi) is 9.19. The maximum absolute atomic E-state index is 7.10. The van der Waals surface area contributed by atoms with E-state index in [1.807, 2.05) is 0 Å². The predicted molar refractivity (Wildman–Crippen MR) is 155 cm³/mol. The Hall–Kier alpha value is -1.46. The van der Waals surface area contributed by atoms with Gasteiger partial charge in [0.25, 0.3) is 6.69 Å². The molecule has 168 valence electrons. The summed E-state index contributed by atoms with van der Waals surface area (Å²) in [6, 6.07) is 45.2. The lowest BCUT2D eigenvalue weighted by Gasteiger charge is -2.25. The molecule has 0 aliphatic carbocycles. The van der Waals surface area contributed by atoms with Crippen molar-refractivity contribution in [3.8, 4) is 0 Å². The third kappa shape index (κ3) is 7.26. The van der Waals surface area contributed by atoms with Crippen molar-refractivity contribution in [2.45, 2.75) is 12.1 Å². The quantitative estimate of drug-likeness (QED) is 0.117. The lowest BCUT2D eigenvalue weighted by Crippen LogP contribution is -2.26. The molecule has 0 bridgehead atoms. The van der Waals surface area contributed by atoms with Crippen molar-refractivity contribution in [3.63, 3.8) is 0 Å². The van der Waals surface area contributed by atoms with E-state index in [4.69, 9.17) is 22.2 Å². The van der Waals surface area contributed by atoms with Crippen molar-refractivity contribution in [2.75, 3.05) is 12.3 Å². The largest absolute Gasteiger partial charge is 0.252 e. The van der Waals surface area contributed by atoms with Crippen molar-refractivity contribution >= 4 is 65.9 Å².